The van der Waals surface area contributed by atoms with Gasteiger partial charge in [0.25, 0.3) is 0 Å². The lowest BCUT2D eigenvalue weighted by molar-refractivity contribution is 0.0693. The first kappa shape index (κ1) is 13.1. The van der Waals surface area contributed by atoms with E-state index in [1.807, 2.05) is 24.3 Å². The lowest BCUT2D eigenvalue weighted by Crippen LogP contribution is -1.98. The fourth-order valence-corrected chi connectivity index (χ4v) is 1.82. The summed E-state index contributed by atoms with van der Waals surface area (Å²) in [6.07, 6.45) is 1.16. The Hall–Kier alpha value is -2.36. The fourth-order valence-electron chi connectivity index (χ4n) is 1.82. The van der Waals surface area contributed by atoms with Crippen LogP contribution in [0.2, 0.25) is 0 Å². The summed E-state index contributed by atoms with van der Waals surface area (Å²) in [5, 5.41) is 18.4. The Bertz CT molecular complexity index is 603. The molecule has 1 aromatic heterocycles. The summed E-state index contributed by atoms with van der Waals surface area (Å²) in [5.41, 5.74) is 2.43. The SMILES string of the molecule is CC(C)c1ccc(-c2cc(C(=O)O)c(O)cn2)cc1. The summed E-state index contributed by atoms with van der Waals surface area (Å²) < 4.78 is 0. The van der Waals surface area contributed by atoms with Gasteiger partial charge in [0.1, 0.15) is 11.3 Å². The number of benzene rings is 1. The van der Waals surface area contributed by atoms with Gasteiger partial charge in [-0.15, -0.1) is 0 Å². The summed E-state index contributed by atoms with van der Waals surface area (Å²) >= 11 is 0. The second kappa shape index (κ2) is 5.10. The van der Waals surface area contributed by atoms with Gasteiger partial charge in [-0.3, -0.25) is 4.98 Å². The lowest BCUT2D eigenvalue weighted by atomic mass is 10.0. The standard InChI is InChI=1S/C15H15NO3/c1-9(2)10-3-5-11(6-4-10)13-7-12(15(18)19)14(17)8-16-13/h3-9,17H,1-2H3,(H,18,19). The molecule has 0 aliphatic carbocycles. The fraction of sp³-hybridized carbons (Fsp3) is 0.200. The van der Waals surface area contributed by atoms with Gasteiger partial charge in [0, 0.05) is 5.56 Å². The highest BCUT2D eigenvalue weighted by Crippen LogP contribution is 2.25. The van der Waals surface area contributed by atoms with E-state index in [1.165, 1.54) is 11.6 Å². The predicted octanol–water partition coefficient (Wildman–Crippen LogP) is 3.28. The van der Waals surface area contributed by atoms with E-state index in [9.17, 15) is 9.90 Å². The van der Waals surface area contributed by atoms with Crippen molar-refractivity contribution in [3.63, 3.8) is 0 Å². The molecule has 2 rings (SSSR count). The van der Waals surface area contributed by atoms with Gasteiger partial charge < -0.3 is 10.2 Å². The normalized spacial score (nSPS) is 10.7. The van der Waals surface area contributed by atoms with Crippen LogP contribution in [-0.4, -0.2) is 21.2 Å². The predicted molar refractivity (Wildman–Crippen MR) is 72.4 cm³/mol. The maximum absolute atomic E-state index is 11.0. The molecule has 19 heavy (non-hydrogen) atoms. The minimum Gasteiger partial charge on any atom is -0.505 e. The molecule has 0 fully saturated rings. The monoisotopic (exact) mass is 257 g/mol. The highest BCUT2D eigenvalue weighted by atomic mass is 16.4. The summed E-state index contributed by atoms with van der Waals surface area (Å²) in [4.78, 5) is 15.0. The molecular formula is C15H15NO3. The Balaban J connectivity index is 2.41. The first-order valence-electron chi connectivity index (χ1n) is 6.01. The van der Waals surface area contributed by atoms with Gasteiger partial charge in [-0.2, -0.15) is 0 Å². The molecule has 0 unspecified atom stereocenters. The van der Waals surface area contributed by atoms with Gasteiger partial charge in [0.2, 0.25) is 0 Å². The minimum absolute atomic E-state index is 0.141. The number of hydrogen-bond donors (Lipinski definition) is 2. The van der Waals surface area contributed by atoms with Crippen LogP contribution in [0.3, 0.4) is 0 Å². The number of hydrogen-bond acceptors (Lipinski definition) is 3. The van der Waals surface area contributed by atoms with Gasteiger partial charge in [-0.25, -0.2) is 4.79 Å². The van der Waals surface area contributed by atoms with Crippen molar-refractivity contribution in [2.24, 2.45) is 0 Å². The molecule has 1 heterocycles. The molecule has 0 atom stereocenters. The minimum atomic E-state index is -1.17. The molecule has 2 aromatic rings. The van der Waals surface area contributed by atoms with Crippen molar-refractivity contribution in [3.8, 4) is 17.0 Å². The van der Waals surface area contributed by atoms with Crippen molar-refractivity contribution in [2.75, 3.05) is 0 Å². The number of rotatable bonds is 3. The molecule has 0 bridgehead atoms. The van der Waals surface area contributed by atoms with E-state index in [2.05, 4.69) is 18.8 Å². The van der Waals surface area contributed by atoms with Crippen molar-refractivity contribution in [3.05, 3.63) is 47.7 Å². The Morgan fingerprint density at radius 2 is 1.84 bits per heavy atom. The summed E-state index contributed by atoms with van der Waals surface area (Å²) in [6, 6.07) is 9.17. The Kier molecular flexibility index (Phi) is 3.51. The number of carbonyl (C=O) groups is 1. The maximum Gasteiger partial charge on any atom is 0.339 e. The quantitative estimate of drug-likeness (QED) is 0.885. The average molecular weight is 257 g/mol. The molecule has 98 valence electrons. The zero-order chi connectivity index (χ0) is 14.0. The first-order chi connectivity index (χ1) is 8.99. The Morgan fingerprint density at radius 3 is 2.37 bits per heavy atom. The molecule has 2 N–H and O–H groups in total. The van der Waals surface area contributed by atoms with Gasteiger partial charge in [-0.1, -0.05) is 38.1 Å². The van der Waals surface area contributed by atoms with Gasteiger partial charge in [-0.05, 0) is 17.5 Å². The number of pyridine rings is 1. The van der Waals surface area contributed by atoms with Crippen LogP contribution >= 0.6 is 0 Å². The van der Waals surface area contributed by atoms with E-state index in [1.54, 1.807) is 0 Å². The van der Waals surface area contributed by atoms with E-state index >= 15 is 0 Å². The molecule has 1 aromatic carbocycles. The molecule has 0 saturated carbocycles. The molecule has 0 aliphatic heterocycles. The number of aromatic nitrogens is 1. The highest BCUT2D eigenvalue weighted by Gasteiger charge is 2.12. The molecule has 0 spiro atoms. The number of aromatic carboxylic acids is 1. The van der Waals surface area contributed by atoms with Crippen LogP contribution in [0, 0.1) is 0 Å². The lowest BCUT2D eigenvalue weighted by Gasteiger charge is -2.07. The van der Waals surface area contributed by atoms with Crippen LogP contribution in [0.15, 0.2) is 36.5 Å². The van der Waals surface area contributed by atoms with Crippen molar-refractivity contribution in [2.45, 2.75) is 19.8 Å². The number of nitrogens with zero attached hydrogens (tertiary/aromatic N) is 1. The van der Waals surface area contributed by atoms with Crippen LogP contribution in [0.1, 0.15) is 35.7 Å². The smallest absolute Gasteiger partial charge is 0.339 e. The van der Waals surface area contributed by atoms with Crippen LogP contribution < -0.4 is 0 Å². The first-order valence-corrected chi connectivity index (χ1v) is 6.01. The van der Waals surface area contributed by atoms with Gasteiger partial charge in [0.05, 0.1) is 11.9 Å². The third-order valence-corrected chi connectivity index (χ3v) is 2.99. The van der Waals surface area contributed by atoms with E-state index < -0.39 is 5.97 Å². The van der Waals surface area contributed by atoms with Crippen molar-refractivity contribution < 1.29 is 15.0 Å². The van der Waals surface area contributed by atoms with E-state index in [-0.39, 0.29) is 11.3 Å². The second-order valence-corrected chi connectivity index (χ2v) is 4.67. The molecule has 4 heteroatoms. The molecule has 0 radical (unpaired) electrons. The summed E-state index contributed by atoms with van der Waals surface area (Å²) in [7, 11) is 0. The molecule has 0 aliphatic rings. The largest absolute Gasteiger partial charge is 0.505 e. The zero-order valence-electron chi connectivity index (χ0n) is 10.8. The molecule has 0 amide bonds. The van der Waals surface area contributed by atoms with E-state index in [0.29, 0.717) is 11.6 Å². The average Bonchev–Trinajstić information content (AvgIpc) is 2.39. The van der Waals surface area contributed by atoms with E-state index in [0.717, 1.165) is 11.8 Å². The number of carboxylic acid groups (broad SMARTS) is 1. The number of aromatic hydroxyl groups is 1. The topological polar surface area (TPSA) is 70.4 Å². The van der Waals surface area contributed by atoms with E-state index in [4.69, 9.17) is 5.11 Å². The molecule has 0 saturated heterocycles. The van der Waals surface area contributed by atoms with Crippen molar-refractivity contribution in [1.82, 2.24) is 4.98 Å². The second-order valence-electron chi connectivity index (χ2n) is 4.67. The number of carboxylic acids is 1. The Morgan fingerprint density at radius 1 is 1.21 bits per heavy atom. The molecule has 4 nitrogen and oxygen atoms in total. The third kappa shape index (κ3) is 2.73. The summed E-state index contributed by atoms with van der Waals surface area (Å²) in [6.45, 7) is 4.21. The molecular weight excluding hydrogens is 242 g/mol. The third-order valence-electron chi connectivity index (χ3n) is 2.99. The van der Waals surface area contributed by atoms with Gasteiger partial charge in [0.15, 0.2) is 0 Å². The highest BCUT2D eigenvalue weighted by molar-refractivity contribution is 5.91. The van der Waals surface area contributed by atoms with Crippen LogP contribution in [0.25, 0.3) is 11.3 Å². The van der Waals surface area contributed by atoms with Crippen molar-refractivity contribution in [1.29, 1.82) is 0 Å². The Labute approximate surface area is 111 Å². The maximum atomic E-state index is 11.0. The van der Waals surface area contributed by atoms with Gasteiger partial charge >= 0.3 is 5.97 Å². The van der Waals surface area contributed by atoms with Crippen molar-refractivity contribution >= 4 is 5.97 Å². The summed E-state index contributed by atoms with van der Waals surface area (Å²) in [5.74, 6) is -1.05. The van der Waals surface area contributed by atoms with Crippen LogP contribution in [0.5, 0.6) is 5.75 Å². The van der Waals surface area contributed by atoms with Crippen LogP contribution in [-0.2, 0) is 0 Å². The zero-order valence-corrected chi connectivity index (χ0v) is 10.8. The van der Waals surface area contributed by atoms with Crippen LogP contribution in [0.4, 0.5) is 0 Å².